The van der Waals surface area contributed by atoms with Crippen LogP contribution in [0.25, 0.3) is 0 Å². The van der Waals surface area contributed by atoms with Gasteiger partial charge in [0.1, 0.15) is 12.0 Å². The summed E-state index contributed by atoms with van der Waals surface area (Å²) in [7, 11) is 1.55. The highest BCUT2D eigenvalue weighted by Gasteiger charge is 2.02. The Balaban J connectivity index is 2.67. The molecule has 0 aliphatic carbocycles. The van der Waals surface area contributed by atoms with E-state index in [1.54, 1.807) is 25.2 Å². The first-order chi connectivity index (χ1) is 7.17. The number of carbonyl (C=O) groups is 2. The van der Waals surface area contributed by atoms with Crippen LogP contribution in [0.3, 0.4) is 0 Å². The van der Waals surface area contributed by atoms with Crippen molar-refractivity contribution in [3.8, 4) is 5.75 Å². The Bertz CT molecular complexity index is 374. The van der Waals surface area contributed by atoms with Crippen molar-refractivity contribution >= 4 is 12.2 Å². The van der Waals surface area contributed by atoms with Crippen molar-refractivity contribution in [2.75, 3.05) is 13.7 Å². The highest BCUT2D eigenvalue weighted by Crippen LogP contribution is 2.15. The number of hydrogen-bond acceptors (Lipinski definition) is 3. The molecule has 1 aromatic carbocycles. The summed E-state index contributed by atoms with van der Waals surface area (Å²) >= 11 is 0. The summed E-state index contributed by atoms with van der Waals surface area (Å²) in [6.07, 6.45) is 0.790. The van der Waals surface area contributed by atoms with Crippen molar-refractivity contribution in [3.05, 3.63) is 29.3 Å². The summed E-state index contributed by atoms with van der Waals surface area (Å²) in [5.41, 5.74) is 1.46. The van der Waals surface area contributed by atoms with E-state index in [1.807, 2.05) is 6.92 Å². The van der Waals surface area contributed by atoms with Gasteiger partial charge in [-0.05, 0) is 30.7 Å². The van der Waals surface area contributed by atoms with Gasteiger partial charge >= 0.3 is 0 Å². The van der Waals surface area contributed by atoms with Crippen LogP contribution in [0.15, 0.2) is 18.2 Å². The Hall–Kier alpha value is -1.84. The largest absolute Gasteiger partial charge is 0.484 e. The number of hydrogen-bond donors (Lipinski definition) is 1. The number of amides is 1. The first-order valence-electron chi connectivity index (χ1n) is 4.56. The van der Waals surface area contributed by atoms with E-state index in [0.717, 1.165) is 11.8 Å². The monoisotopic (exact) mass is 207 g/mol. The molecule has 0 aliphatic heterocycles. The zero-order valence-electron chi connectivity index (χ0n) is 8.74. The molecule has 0 fully saturated rings. The van der Waals surface area contributed by atoms with Crippen molar-refractivity contribution in [1.29, 1.82) is 0 Å². The van der Waals surface area contributed by atoms with Gasteiger partial charge in [0.2, 0.25) is 0 Å². The quantitative estimate of drug-likeness (QED) is 0.747. The lowest BCUT2D eigenvalue weighted by Crippen LogP contribution is -2.24. The van der Waals surface area contributed by atoms with Crippen LogP contribution in [0.4, 0.5) is 0 Å². The van der Waals surface area contributed by atoms with Crippen molar-refractivity contribution in [2.24, 2.45) is 0 Å². The second kappa shape index (κ2) is 5.14. The second-order valence-electron chi connectivity index (χ2n) is 3.10. The van der Waals surface area contributed by atoms with Gasteiger partial charge < -0.3 is 10.1 Å². The maximum atomic E-state index is 10.9. The van der Waals surface area contributed by atoms with E-state index in [1.165, 1.54) is 0 Å². The average Bonchev–Trinajstić information content (AvgIpc) is 2.26. The van der Waals surface area contributed by atoms with E-state index in [2.05, 4.69) is 5.32 Å². The maximum absolute atomic E-state index is 10.9. The molecule has 1 rings (SSSR count). The maximum Gasteiger partial charge on any atom is 0.257 e. The van der Waals surface area contributed by atoms with Crippen LogP contribution >= 0.6 is 0 Å². The summed E-state index contributed by atoms with van der Waals surface area (Å²) in [5.74, 6) is 0.397. The molecule has 0 aromatic heterocycles. The summed E-state index contributed by atoms with van der Waals surface area (Å²) in [6, 6.07) is 5.06. The topological polar surface area (TPSA) is 55.4 Å². The molecule has 1 aromatic rings. The van der Waals surface area contributed by atoms with Crippen LogP contribution in [0.1, 0.15) is 15.9 Å². The molecule has 4 heteroatoms. The van der Waals surface area contributed by atoms with Gasteiger partial charge in [0.05, 0.1) is 0 Å². The molecular weight excluding hydrogens is 194 g/mol. The van der Waals surface area contributed by atoms with Crippen LogP contribution < -0.4 is 10.1 Å². The summed E-state index contributed by atoms with van der Waals surface area (Å²) in [6.45, 7) is 1.80. The zero-order chi connectivity index (χ0) is 11.3. The summed E-state index contributed by atoms with van der Waals surface area (Å²) in [4.78, 5) is 21.4. The third kappa shape index (κ3) is 3.09. The van der Waals surface area contributed by atoms with Gasteiger partial charge in [0, 0.05) is 12.6 Å². The Morgan fingerprint density at radius 2 is 2.27 bits per heavy atom. The molecule has 0 spiro atoms. The van der Waals surface area contributed by atoms with Crippen LogP contribution in [0.2, 0.25) is 0 Å². The number of nitrogens with one attached hydrogen (secondary N) is 1. The molecule has 15 heavy (non-hydrogen) atoms. The van der Waals surface area contributed by atoms with Crippen molar-refractivity contribution < 1.29 is 14.3 Å². The van der Waals surface area contributed by atoms with E-state index in [9.17, 15) is 9.59 Å². The molecule has 0 radical (unpaired) electrons. The summed E-state index contributed by atoms with van der Waals surface area (Å²) < 4.78 is 5.21. The van der Waals surface area contributed by atoms with Crippen LogP contribution in [0.5, 0.6) is 5.75 Å². The normalized spacial score (nSPS) is 9.47. The number of benzene rings is 1. The highest BCUT2D eigenvalue weighted by atomic mass is 16.5. The van der Waals surface area contributed by atoms with Gasteiger partial charge in [-0.25, -0.2) is 0 Å². The predicted molar refractivity (Wildman–Crippen MR) is 56.1 cm³/mol. The van der Waals surface area contributed by atoms with Gasteiger partial charge in [-0.3, -0.25) is 9.59 Å². The molecule has 80 valence electrons. The third-order valence-corrected chi connectivity index (χ3v) is 2.02. The molecule has 0 bridgehead atoms. The predicted octanol–water partition coefficient (Wildman–Crippen LogP) is 0.932. The Morgan fingerprint density at radius 3 is 2.80 bits per heavy atom. The molecule has 0 heterocycles. The lowest BCUT2D eigenvalue weighted by atomic mass is 10.1. The van der Waals surface area contributed by atoms with E-state index >= 15 is 0 Å². The van der Waals surface area contributed by atoms with Crippen LogP contribution in [-0.2, 0) is 4.79 Å². The SMILES string of the molecule is CNC(=O)COc1ccc(C=O)c(C)c1. The van der Waals surface area contributed by atoms with Crippen molar-refractivity contribution in [3.63, 3.8) is 0 Å². The van der Waals surface area contributed by atoms with Gasteiger partial charge in [-0.15, -0.1) is 0 Å². The lowest BCUT2D eigenvalue weighted by Gasteiger charge is -2.06. The number of aryl methyl sites for hydroxylation is 1. The average molecular weight is 207 g/mol. The standard InChI is InChI=1S/C11H13NO3/c1-8-5-10(4-3-9(8)6-13)15-7-11(14)12-2/h3-6H,7H2,1-2H3,(H,12,14). The number of aldehydes is 1. The Morgan fingerprint density at radius 1 is 1.53 bits per heavy atom. The Kier molecular flexibility index (Phi) is 3.85. The van der Waals surface area contributed by atoms with Gasteiger partial charge in [-0.2, -0.15) is 0 Å². The fraction of sp³-hybridized carbons (Fsp3) is 0.273. The van der Waals surface area contributed by atoms with Gasteiger partial charge in [-0.1, -0.05) is 0 Å². The second-order valence-corrected chi connectivity index (χ2v) is 3.10. The van der Waals surface area contributed by atoms with E-state index in [4.69, 9.17) is 4.74 Å². The smallest absolute Gasteiger partial charge is 0.257 e. The molecule has 1 N–H and O–H groups in total. The lowest BCUT2D eigenvalue weighted by molar-refractivity contribution is -0.122. The van der Waals surface area contributed by atoms with Gasteiger partial charge in [0.25, 0.3) is 5.91 Å². The Labute approximate surface area is 88.2 Å². The van der Waals surface area contributed by atoms with Gasteiger partial charge in [0.15, 0.2) is 6.61 Å². The van der Waals surface area contributed by atoms with E-state index < -0.39 is 0 Å². The molecule has 0 atom stereocenters. The number of carbonyl (C=O) groups excluding carboxylic acids is 2. The van der Waals surface area contributed by atoms with E-state index in [0.29, 0.717) is 11.3 Å². The first-order valence-corrected chi connectivity index (χ1v) is 4.56. The number of ether oxygens (including phenoxy) is 1. The minimum Gasteiger partial charge on any atom is -0.484 e. The fourth-order valence-corrected chi connectivity index (χ4v) is 1.09. The first kappa shape index (κ1) is 11.2. The highest BCUT2D eigenvalue weighted by molar-refractivity contribution is 5.78. The van der Waals surface area contributed by atoms with Crippen molar-refractivity contribution in [2.45, 2.75) is 6.92 Å². The van der Waals surface area contributed by atoms with Crippen molar-refractivity contribution in [1.82, 2.24) is 5.32 Å². The molecule has 0 saturated heterocycles. The minimum absolute atomic E-state index is 0.0175. The molecule has 0 aliphatic rings. The van der Waals surface area contributed by atoms with E-state index in [-0.39, 0.29) is 12.5 Å². The molecule has 0 saturated carbocycles. The minimum atomic E-state index is -0.188. The summed E-state index contributed by atoms with van der Waals surface area (Å²) in [5, 5.41) is 2.45. The molecule has 4 nitrogen and oxygen atoms in total. The number of rotatable bonds is 4. The molecule has 1 amide bonds. The number of likely N-dealkylation sites (N-methyl/N-ethyl adjacent to an activating group) is 1. The van der Waals surface area contributed by atoms with Crippen LogP contribution in [0, 0.1) is 6.92 Å². The molecule has 0 unspecified atom stereocenters. The van der Waals surface area contributed by atoms with Crippen LogP contribution in [-0.4, -0.2) is 25.8 Å². The third-order valence-electron chi connectivity index (χ3n) is 2.02. The zero-order valence-corrected chi connectivity index (χ0v) is 8.74. The molecular formula is C11H13NO3. The fourth-order valence-electron chi connectivity index (χ4n) is 1.09.